The van der Waals surface area contributed by atoms with Crippen molar-refractivity contribution in [2.24, 2.45) is 0 Å². The number of piperidine rings is 1. The van der Waals surface area contributed by atoms with Crippen LogP contribution < -0.4 is 4.90 Å². The fourth-order valence-electron chi connectivity index (χ4n) is 2.16. The molecule has 5 heteroatoms. The quantitative estimate of drug-likeness (QED) is 0.775. The van der Waals surface area contributed by atoms with Crippen molar-refractivity contribution in [3.8, 4) is 0 Å². The summed E-state index contributed by atoms with van der Waals surface area (Å²) >= 11 is 3.38. The number of anilines is 1. The Kier molecular flexibility index (Phi) is 3.76. The highest BCUT2D eigenvalue weighted by atomic mass is 79.9. The summed E-state index contributed by atoms with van der Waals surface area (Å²) in [5, 5.41) is 0. The van der Waals surface area contributed by atoms with Gasteiger partial charge in [0.2, 0.25) is 0 Å². The smallest absolute Gasteiger partial charge is 0.133 e. The van der Waals surface area contributed by atoms with Gasteiger partial charge in [0.25, 0.3) is 0 Å². The van der Waals surface area contributed by atoms with Crippen molar-refractivity contribution in [1.29, 1.82) is 0 Å². The lowest BCUT2D eigenvalue weighted by Gasteiger charge is -2.36. The molecule has 0 amide bonds. The first kappa shape index (κ1) is 11.8. The third-order valence-corrected chi connectivity index (χ3v) is 3.56. The maximum absolute atomic E-state index is 4.31. The molecule has 1 saturated heterocycles. The number of halogens is 1. The molecule has 1 aromatic heterocycles. The van der Waals surface area contributed by atoms with Gasteiger partial charge in [-0.15, -0.1) is 0 Å². The molecular weight excluding hydrogens is 268 g/mol. The van der Waals surface area contributed by atoms with Gasteiger partial charge in [0.05, 0.1) is 0 Å². The molecule has 2 heterocycles. The Bertz CT molecular complexity index is 358. The third kappa shape index (κ3) is 2.71. The Morgan fingerprint density at radius 3 is 3.00 bits per heavy atom. The summed E-state index contributed by atoms with van der Waals surface area (Å²) < 4.78 is 0.841. The topological polar surface area (TPSA) is 32.3 Å². The van der Waals surface area contributed by atoms with E-state index in [0.29, 0.717) is 6.04 Å². The van der Waals surface area contributed by atoms with E-state index in [1.165, 1.54) is 19.4 Å². The molecule has 2 rings (SSSR count). The van der Waals surface area contributed by atoms with Crippen molar-refractivity contribution < 1.29 is 0 Å². The molecule has 0 radical (unpaired) electrons. The monoisotopic (exact) mass is 284 g/mol. The van der Waals surface area contributed by atoms with Gasteiger partial charge in [-0.3, -0.25) is 0 Å². The van der Waals surface area contributed by atoms with E-state index in [0.717, 1.165) is 17.0 Å². The van der Waals surface area contributed by atoms with Crippen LogP contribution in [-0.2, 0) is 0 Å². The van der Waals surface area contributed by atoms with Crippen molar-refractivity contribution in [2.45, 2.75) is 18.9 Å². The zero-order valence-corrected chi connectivity index (χ0v) is 11.3. The Hall–Kier alpha value is -0.680. The van der Waals surface area contributed by atoms with Crippen LogP contribution in [0.15, 0.2) is 17.0 Å². The van der Waals surface area contributed by atoms with Gasteiger partial charge in [-0.25, -0.2) is 9.97 Å². The van der Waals surface area contributed by atoms with Gasteiger partial charge in [0.1, 0.15) is 16.7 Å². The van der Waals surface area contributed by atoms with Gasteiger partial charge in [-0.05, 0) is 42.4 Å². The van der Waals surface area contributed by atoms with Crippen molar-refractivity contribution in [2.75, 3.05) is 32.1 Å². The summed E-state index contributed by atoms with van der Waals surface area (Å²) in [6.45, 7) is 2.32. The molecule has 1 unspecified atom stereocenters. The van der Waals surface area contributed by atoms with Gasteiger partial charge >= 0.3 is 0 Å². The Balaban J connectivity index is 2.09. The summed E-state index contributed by atoms with van der Waals surface area (Å²) in [6, 6.07) is 2.52. The fourth-order valence-corrected chi connectivity index (χ4v) is 2.46. The molecule has 0 aromatic carbocycles. The molecule has 16 heavy (non-hydrogen) atoms. The Labute approximate surface area is 105 Å². The lowest BCUT2D eigenvalue weighted by Crippen LogP contribution is -2.45. The van der Waals surface area contributed by atoms with Gasteiger partial charge in [-0.2, -0.15) is 0 Å². The average Bonchev–Trinajstić information content (AvgIpc) is 2.28. The molecule has 4 nitrogen and oxygen atoms in total. The van der Waals surface area contributed by atoms with Crippen LogP contribution in [-0.4, -0.2) is 48.1 Å². The highest BCUT2D eigenvalue weighted by Crippen LogP contribution is 2.20. The molecule has 88 valence electrons. The van der Waals surface area contributed by atoms with E-state index in [2.05, 4.69) is 49.8 Å². The Morgan fingerprint density at radius 1 is 1.50 bits per heavy atom. The SMILES string of the molecule is CN1CCCC(N(C)c2cc(Br)ncn2)C1. The van der Waals surface area contributed by atoms with Crippen molar-refractivity contribution in [3.63, 3.8) is 0 Å². The van der Waals surface area contributed by atoms with Crippen LogP contribution in [0.2, 0.25) is 0 Å². The average molecular weight is 285 g/mol. The first-order chi connectivity index (χ1) is 7.66. The maximum atomic E-state index is 4.31. The lowest BCUT2D eigenvalue weighted by molar-refractivity contribution is 0.247. The predicted molar refractivity (Wildman–Crippen MR) is 68.7 cm³/mol. The number of aromatic nitrogens is 2. The minimum absolute atomic E-state index is 0.556. The molecule has 1 aliphatic rings. The van der Waals surface area contributed by atoms with Crippen LogP contribution in [0.3, 0.4) is 0 Å². The zero-order chi connectivity index (χ0) is 11.5. The second-order valence-electron chi connectivity index (χ2n) is 4.37. The number of likely N-dealkylation sites (N-methyl/N-ethyl adjacent to an activating group) is 2. The van der Waals surface area contributed by atoms with Crippen LogP contribution in [0.25, 0.3) is 0 Å². The van der Waals surface area contributed by atoms with E-state index in [1.807, 2.05) is 6.07 Å². The summed E-state index contributed by atoms with van der Waals surface area (Å²) in [5.74, 6) is 0.988. The molecule has 0 spiro atoms. The molecule has 0 aliphatic carbocycles. The van der Waals surface area contributed by atoms with Crippen LogP contribution >= 0.6 is 15.9 Å². The van der Waals surface area contributed by atoms with E-state index in [1.54, 1.807) is 6.33 Å². The molecular formula is C11H17BrN4. The van der Waals surface area contributed by atoms with Crippen LogP contribution in [0.1, 0.15) is 12.8 Å². The van der Waals surface area contributed by atoms with E-state index in [-0.39, 0.29) is 0 Å². The molecule has 1 aromatic rings. The predicted octanol–water partition coefficient (Wildman–Crippen LogP) is 1.77. The number of rotatable bonds is 2. The number of hydrogen-bond donors (Lipinski definition) is 0. The molecule has 1 aliphatic heterocycles. The number of hydrogen-bond acceptors (Lipinski definition) is 4. The lowest BCUT2D eigenvalue weighted by atomic mass is 10.1. The van der Waals surface area contributed by atoms with Crippen LogP contribution in [0, 0.1) is 0 Å². The standard InChI is InChI=1S/C11H17BrN4/c1-15-5-3-4-9(7-15)16(2)11-6-10(12)13-8-14-11/h6,8-9H,3-5,7H2,1-2H3. The van der Waals surface area contributed by atoms with Crippen LogP contribution in [0.4, 0.5) is 5.82 Å². The Morgan fingerprint density at radius 2 is 2.31 bits per heavy atom. The van der Waals surface area contributed by atoms with Gasteiger partial charge in [-0.1, -0.05) is 0 Å². The van der Waals surface area contributed by atoms with E-state index in [4.69, 9.17) is 0 Å². The molecule has 1 fully saturated rings. The molecule has 0 N–H and O–H groups in total. The second kappa shape index (κ2) is 5.10. The molecule has 1 atom stereocenters. The highest BCUT2D eigenvalue weighted by Gasteiger charge is 2.21. The maximum Gasteiger partial charge on any atom is 0.133 e. The first-order valence-electron chi connectivity index (χ1n) is 5.56. The van der Waals surface area contributed by atoms with Gasteiger partial charge in [0, 0.05) is 25.7 Å². The van der Waals surface area contributed by atoms with Gasteiger partial charge in [0.15, 0.2) is 0 Å². The number of nitrogens with zero attached hydrogens (tertiary/aromatic N) is 4. The van der Waals surface area contributed by atoms with Crippen LogP contribution in [0.5, 0.6) is 0 Å². The summed E-state index contributed by atoms with van der Waals surface area (Å²) in [6.07, 6.45) is 4.10. The summed E-state index contributed by atoms with van der Waals surface area (Å²) in [5.41, 5.74) is 0. The third-order valence-electron chi connectivity index (χ3n) is 3.13. The van der Waals surface area contributed by atoms with Crippen molar-refractivity contribution in [3.05, 3.63) is 17.0 Å². The summed E-state index contributed by atoms with van der Waals surface area (Å²) in [7, 11) is 4.29. The minimum atomic E-state index is 0.556. The number of likely N-dealkylation sites (tertiary alicyclic amines) is 1. The van der Waals surface area contributed by atoms with E-state index >= 15 is 0 Å². The van der Waals surface area contributed by atoms with E-state index < -0.39 is 0 Å². The largest absolute Gasteiger partial charge is 0.355 e. The normalized spacial score (nSPS) is 22.1. The highest BCUT2D eigenvalue weighted by molar-refractivity contribution is 9.10. The molecule has 0 saturated carbocycles. The van der Waals surface area contributed by atoms with E-state index in [9.17, 15) is 0 Å². The fraction of sp³-hybridized carbons (Fsp3) is 0.636. The van der Waals surface area contributed by atoms with Crippen molar-refractivity contribution >= 4 is 21.7 Å². The first-order valence-corrected chi connectivity index (χ1v) is 6.35. The summed E-state index contributed by atoms with van der Waals surface area (Å²) in [4.78, 5) is 13.0. The zero-order valence-electron chi connectivity index (χ0n) is 9.73. The van der Waals surface area contributed by atoms with Gasteiger partial charge < -0.3 is 9.80 Å². The molecule has 0 bridgehead atoms. The minimum Gasteiger partial charge on any atom is -0.355 e. The van der Waals surface area contributed by atoms with Crippen molar-refractivity contribution in [1.82, 2.24) is 14.9 Å². The second-order valence-corrected chi connectivity index (χ2v) is 5.18.